The molecule has 1 aliphatic heterocycles. The number of ether oxygens (including phenoxy) is 2. The molecule has 1 aliphatic rings. The lowest BCUT2D eigenvalue weighted by molar-refractivity contribution is -0.135. The van der Waals surface area contributed by atoms with E-state index in [4.69, 9.17) is 14.9 Å². The lowest BCUT2D eigenvalue weighted by Crippen LogP contribution is -2.50. The van der Waals surface area contributed by atoms with Crippen LogP contribution in [0.4, 0.5) is 0 Å². The molecule has 106 valence electrons. The molecule has 1 unspecified atom stereocenters. The van der Waals surface area contributed by atoms with Gasteiger partial charge in [0.1, 0.15) is 5.75 Å². The number of carbonyl (C=O) groups is 1. The zero-order valence-corrected chi connectivity index (χ0v) is 11.6. The van der Waals surface area contributed by atoms with E-state index in [-0.39, 0.29) is 11.5 Å². The van der Waals surface area contributed by atoms with Crippen LogP contribution >= 0.6 is 0 Å². The molecule has 1 atom stereocenters. The zero-order valence-electron chi connectivity index (χ0n) is 11.6. The minimum atomic E-state index is -1.47. The molecule has 0 fully saturated rings. The monoisotopic (exact) mass is 281 g/mol. The van der Waals surface area contributed by atoms with Gasteiger partial charge in [0.15, 0.2) is 5.71 Å². The summed E-state index contributed by atoms with van der Waals surface area (Å²) in [4.78, 5) is 12.5. The molecule has 4 nitrogen and oxygen atoms in total. The Balaban J connectivity index is 2.18. The first-order chi connectivity index (χ1) is 10.2. The molecule has 0 saturated heterocycles. The molecule has 0 aromatic heterocycles. The second-order valence-electron chi connectivity index (χ2n) is 4.72. The predicted octanol–water partition coefficient (Wildman–Crippen LogP) is 3.17. The number of hydrogen-bond acceptors (Lipinski definition) is 4. The van der Waals surface area contributed by atoms with Crippen LogP contribution in [0.5, 0.6) is 5.75 Å². The Hall–Kier alpha value is -2.46. The van der Waals surface area contributed by atoms with Crippen molar-refractivity contribution >= 4 is 11.5 Å². The van der Waals surface area contributed by atoms with Gasteiger partial charge in [-0.15, -0.1) is 0 Å². The molecule has 0 radical (unpaired) electrons. The van der Waals surface area contributed by atoms with Crippen molar-refractivity contribution in [2.24, 2.45) is 0 Å². The highest BCUT2D eigenvalue weighted by molar-refractivity contribution is 6.48. The predicted molar refractivity (Wildman–Crippen MR) is 78.9 cm³/mol. The summed E-state index contributed by atoms with van der Waals surface area (Å²) in [5.74, 6) is -1.40. The van der Waals surface area contributed by atoms with Crippen molar-refractivity contribution in [2.45, 2.75) is 12.7 Å². The molecular formula is C17H15NO3. The maximum atomic E-state index is 12.5. The van der Waals surface area contributed by atoms with Crippen LogP contribution in [0.15, 0.2) is 54.6 Å². The number of benzene rings is 2. The molecule has 1 N–H and O–H groups in total. The number of rotatable bonds is 3. The highest BCUT2D eigenvalue weighted by Crippen LogP contribution is 2.38. The number of ketones is 1. The van der Waals surface area contributed by atoms with Crippen molar-refractivity contribution < 1.29 is 14.3 Å². The largest absolute Gasteiger partial charge is 0.451 e. The summed E-state index contributed by atoms with van der Waals surface area (Å²) in [5, 5.41) is 8.27. The molecular weight excluding hydrogens is 266 g/mol. The van der Waals surface area contributed by atoms with Gasteiger partial charge in [-0.1, -0.05) is 42.5 Å². The Morgan fingerprint density at radius 1 is 1.10 bits per heavy atom. The molecule has 2 aromatic rings. The highest BCUT2D eigenvalue weighted by atomic mass is 16.7. The Morgan fingerprint density at radius 2 is 1.76 bits per heavy atom. The fourth-order valence-corrected chi connectivity index (χ4v) is 2.48. The summed E-state index contributed by atoms with van der Waals surface area (Å²) < 4.78 is 11.7. The van der Waals surface area contributed by atoms with E-state index < -0.39 is 5.79 Å². The van der Waals surface area contributed by atoms with Gasteiger partial charge in [-0.2, -0.15) is 0 Å². The maximum absolute atomic E-state index is 12.5. The fourth-order valence-electron chi connectivity index (χ4n) is 2.48. The molecule has 2 aromatic carbocycles. The molecule has 0 amide bonds. The molecule has 0 bridgehead atoms. The van der Waals surface area contributed by atoms with E-state index in [9.17, 15) is 4.79 Å². The van der Waals surface area contributed by atoms with E-state index in [2.05, 4.69) is 0 Å². The van der Waals surface area contributed by atoms with Crippen molar-refractivity contribution in [3.63, 3.8) is 0 Å². The Morgan fingerprint density at radius 3 is 2.48 bits per heavy atom. The fraction of sp³-hybridized carbons (Fsp3) is 0.176. The SMILES string of the molecule is CCOC1(c2ccccc2)Oc2ccccc2C(=O)C1=N. The van der Waals surface area contributed by atoms with Gasteiger partial charge in [0, 0.05) is 12.2 Å². The average Bonchev–Trinajstić information content (AvgIpc) is 2.53. The second-order valence-corrected chi connectivity index (χ2v) is 4.72. The lowest BCUT2D eigenvalue weighted by atomic mass is 9.91. The van der Waals surface area contributed by atoms with Crippen LogP contribution in [0.2, 0.25) is 0 Å². The summed E-state index contributed by atoms with van der Waals surface area (Å²) in [7, 11) is 0. The first-order valence-electron chi connectivity index (χ1n) is 6.80. The molecule has 4 heteroatoms. The molecule has 0 aliphatic carbocycles. The van der Waals surface area contributed by atoms with Crippen molar-refractivity contribution in [3.8, 4) is 5.75 Å². The number of nitrogens with one attached hydrogen (secondary N) is 1. The smallest absolute Gasteiger partial charge is 0.284 e. The van der Waals surface area contributed by atoms with Crippen LogP contribution < -0.4 is 4.74 Å². The van der Waals surface area contributed by atoms with E-state index in [1.165, 1.54) is 0 Å². The molecule has 21 heavy (non-hydrogen) atoms. The lowest BCUT2D eigenvalue weighted by Gasteiger charge is -2.37. The Kier molecular flexibility index (Phi) is 3.31. The van der Waals surface area contributed by atoms with Gasteiger partial charge in [0.25, 0.3) is 5.79 Å². The van der Waals surface area contributed by atoms with Gasteiger partial charge < -0.3 is 9.47 Å². The van der Waals surface area contributed by atoms with Crippen LogP contribution in [0.1, 0.15) is 22.8 Å². The molecule has 3 rings (SSSR count). The second kappa shape index (κ2) is 5.14. The van der Waals surface area contributed by atoms with Crippen molar-refractivity contribution in [1.82, 2.24) is 0 Å². The van der Waals surface area contributed by atoms with Crippen molar-refractivity contribution in [3.05, 3.63) is 65.7 Å². The Labute approximate surface area is 122 Å². The summed E-state index contributed by atoms with van der Waals surface area (Å²) in [6.07, 6.45) is 0. The summed E-state index contributed by atoms with van der Waals surface area (Å²) >= 11 is 0. The topological polar surface area (TPSA) is 59.4 Å². The van der Waals surface area contributed by atoms with Crippen molar-refractivity contribution in [2.75, 3.05) is 6.61 Å². The number of fused-ring (bicyclic) bond motifs is 1. The van der Waals surface area contributed by atoms with Gasteiger partial charge >= 0.3 is 0 Å². The van der Waals surface area contributed by atoms with E-state index >= 15 is 0 Å². The van der Waals surface area contributed by atoms with Gasteiger partial charge in [-0.05, 0) is 19.1 Å². The van der Waals surface area contributed by atoms with Crippen LogP contribution in [-0.4, -0.2) is 18.1 Å². The normalized spacial score (nSPS) is 20.8. The van der Waals surface area contributed by atoms with Crippen LogP contribution in [0, 0.1) is 5.41 Å². The van der Waals surface area contributed by atoms with Crippen LogP contribution in [0.25, 0.3) is 0 Å². The van der Waals surface area contributed by atoms with E-state index in [1.807, 2.05) is 25.1 Å². The van der Waals surface area contributed by atoms with E-state index in [0.29, 0.717) is 23.5 Å². The number of hydrogen-bond donors (Lipinski definition) is 1. The Bertz CT molecular complexity index is 696. The third kappa shape index (κ3) is 2.04. The van der Waals surface area contributed by atoms with Gasteiger partial charge in [-0.25, -0.2) is 0 Å². The number of para-hydroxylation sites is 1. The van der Waals surface area contributed by atoms with E-state index in [0.717, 1.165) is 0 Å². The maximum Gasteiger partial charge on any atom is 0.284 e. The van der Waals surface area contributed by atoms with Crippen LogP contribution in [0.3, 0.4) is 0 Å². The summed E-state index contributed by atoms with van der Waals surface area (Å²) in [6.45, 7) is 2.14. The quantitative estimate of drug-likeness (QED) is 0.940. The van der Waals surface area contributed by atoms with Gasteiger partial charge in [-0.3, -0.25) is 10.2 Å². The first kappa shape index (κ1) is 13.5. The minimum Gasteiger partial charge on any atom is -0.451 e. The zero-order chi connectivity index (χ0) is 14.9. The van der Waals surface area contributed by atoms with Gasteiger partial charge in [0.05, 0.1) is 5.56 Å². The van der Waals surface area contributed by atoms with Crippen LogP contribution in [-0.2, 0) is 10.5 Å². The average molecular weight is 281 g/mol. The highest BCUT2D eigenvalue weighted by Gasteiger charge is 2.48. The number of Topliss-reactive ketones (excluding diaryl/α,β-unsaturated/α-hetero) is 1. The molecule has 0 spiro atoms. The summed E-state index contributed by atoms with van der Waals surface area (Å²) in [5.41, 5.74) is 0.836. The molecule has 0 saturated carbocycles. The minimum absolute atomic E-state index is 0.200. The standard InChI is InChI=1S/C17H15NO3/c1-2-20-17(12-8-4-3-5-9-12)16(18)15(19)13-10-6-7-11-14(13)21-17/h3-11,18H,2H2,1H3. The van der Waals surface area contributed by atoms with Crippen molar-refractivity contribution in [1.29, 1.82) is 5.41 Å². The molecule has 1 heterocycles. The third-order valence-corrected chi connectivity index (χ3v) is 3.44. The first-order valence-corrected chi connectivity index (χ1v) is 6.80. The van der Waals surface area contributed by atoms with E-state index in [1.54, 1.807) is 36.4 Å². The third-order valence-electron chi connectivity index (χ3n) is 3.44. The summed E-state index contributed by atoms with van der Waals surface area (Å²) in [6, 6.07) is 16.0. The van der Waals surface area contributed by atoms with Gasteiger partial charge in [0.2, 0.25) is 5.78 Å². The number of carbonyl (C=O) groups excluding carboxylic acids is 1.